The number of hydrogen-bond acceptors (Lipinski definition) is 7. The van der Waals surface area contributed by atoms with Gasteiger partial charge in [0.2, 0.25) is 5.91 Å². The number of rotatable bonds is 8. The molecule has 0 spiro atoms. The predicted molar refractivity (Wildman–Crippen MR) is 153 cm³/mol. The molecule has 0 bridgehead atoms. The molecule has 0 radical (unpaired) electrons. The number of anilines is 1. The van der Waals surface area contributed by atoms with Gasteiger partial charge in [-0.2, -0.15) is 0 Å². The molecule has 2 aliphatic heterocycles. The predicted octanol–water partition coefficient (Wildman–Crippen LogP) is 4.35. The smallest absolute Gasteiger partial charge is 0.329 e. The van der Waals surface area contributed by atoms with Gasteiger partial charge in [-0.1, -0.05) is 35.9 Å². The maximum Gasteiger partial charge on any atom is 0.329 e. The molecular formula is C30H28ClFN6O4. The monoisotopic (exact) mass is 590 g/mol. The van der Waals surface area contributed by atoms with E-state index in [1.165, 1.54) is 11.0 Å². The number of fused-ring (bicyclic) bond motifs is 1. The first-order valence-electron chi connectivity index (χ1n) is 13.4. The van der Waals surface area contributed by atoms with Crippen molar-refractivity contribution in [2.45, 2.75) is 32.2 Å². The van der Waals surface area contributed by atoms with Crippen LogP contribution < -0.4 is 15.0 Å². The molecule has 0 unspecified atom stereocenters. The topological polar surface area (TPSA) is 113 Å². The first-order valence-corrected chi connectivity index (χ1v) is 13.8. The molecule has 4 aromatic rings. The number of hydrogen-bond donors (Lipinski definition) is 2. The van der Waals surface area contributed by atoms with Crippen molar-refractivity contribution in [3.63, 3.8) is 0 Å². The Morgan fingerprint density at radius 1 is 1.14 bits per heavy atom. The number of aromatic nitrogens is 3. The Morgan fingerprint density at radius 2 is 1.95 bits per heavy atom. The van der Waals surface area contributed by atoms with E-state index in [4.69, 9.17) is 21.3 Å². The molecule has 6 rings (SSSR count). The van der Waals surface area contributed by atoms with Crippen molar-refractivity contribution in [3.05, 3.63) is 94.0 Å². The minimum atomic E-state index is -0.479. The third-order valence-corrected chi connectivity index (χ3v) is 7.95. The molecule has 42 heavy (non-hydrogen) atoms. The summed E-state index contributed by atoms with van der Waals surface area (Å²) in [5, 5.41) is 13.0. The largest absolute Gasteiger partial charge is 0.489 e. The van der Waals surface area contributed by atoms with Crippen molar-refractivity contribution in [2.75, 3.05) is 18.1 Å². The minimum absolute atomic E-state index is 0.0231. The number of pyridine rings is 1. The average molecular weight is 591 g/mol. The van der Waals surface area contributed by atoms with E-state index in [1.54, 1.807) is 29.9 Å². The Balaban J connectivity index is 1.15. The van der Waals surface area contributed by atoms with Crippen LogP contribution in [0.15, 0.2) is 60.8 Å². The molecule has 10 nitrogen and oxygen atoms in total. The summed E-state index contributed by atoms with van der Waals surface area (Å²) >= 11 is 6.09. The second-order valence-electron chi connectivity index (χ2n) is 10.2. The van der Waals surface area contributed by atoms with Crippen LogP contribution in [0.4, 0.5) is 15.0 Å². The molecule has 1 saturated heterocycles. The van der Waals surface area contributed by atoms with E-state index in [1.807, 2.05) is 36.4 Å². The van der Waals surface area contributed by atoms with Gasteiger partial charge in [0.15, 0.2) is 5.82 Å². The number of benzene rings is 2. The van der Waals surface area contributed by atoms with Gasteiger partial charge in [0, 0.05) is 38.7 Å². The third-order valence-electron chi connectivity index (χ3n) is 7.59. The number of imidazole rings is 1. The van der Waals surface area contributed by atoms with Gasteiger partial charge < -0.3 is 14.4 Å². The summed E-state index contributed by atoms with van der Waals surface area (Å²) in [5.41, 5.74) is 3.74. The highest BCUT2D eigenvalue weighted by Gasteiger charge is 2.32. The van der Waals surface area contributed by atoms with E-state index in [9.17, 15) is 19.1 Å². The lowest BCUT2D eigenvalue weighted by molar-refractivity contribution is -0.120. The van der Waals surface area contributed by atoms with Crippen LogP contribution in [-0.4, -0.2) is 49.6 Å². The van der Waals surface area contributed by atoms with Gasteiger partial charge in [0.25, 0.3) is 0 Å². The number of urea groups is 1. The number of amides is 3. The van der Waals surface area contributed by atoms with Crippen LogP contribution in [0.3, 0.4) is 0 Å². The number of aliphatic hydroxyl groups excluding tert-OH is 1. The van der Waals surface area contributed by atoms with Gasteiger partial charge in [-0.25, -0.2) is 19.2 Å². The lowest BCUT2D eigenvalue weighted by atomic mass is 10.1. The summed E-state index contributed by atoms with van der Waals surface area (Å²) in [5.74, 6) is 1.01. The fraction of sp³-hybridized carbons (Fsp3) is 0.267. The quantitative estimate of drug-likeness (QED) is 0.314. The fourth-order valence-electron chi connectivity index (χ4n) is 5.34. The van der Waals surface area contributed by atoms with Crippen LogP contribution >= 0.6 is 11.6 Å². The summed E-state index contributed by atoms with van der Waals surface area (Å²) in [4.78, 5) is 36.9. The highest BCUT2D eigenvalue weighted by atomic mass is 35.5. The SMILES string of the molecule is Cn1c(N2CCC(=O)NC2=O)cnc1-c1ccc2c(n1)[C@H](CO)N(Cc1ccc(OCc3c(F)cccc3Cl)cc1)C2. The lowest BCUT2D eigenvalue weighted by Gasteiger charge is -2.26. The molecule has 2 aromatic heterocycles. The normalized spacial score (nSPS) is 17.0. The zero-order valence-corrected chi connectivity index (χ0v) is 23.5. The summed E-state index contributed by atoms with van der Waals surface area (Å²) in [6.45, 7) is 1.38. The maximum absolute atomic E-state index is 14.0. The maximum atomic E-state index is 14.0. The Labute approximate surface area is 246 Å². The van der Waals surface area contributed by atoms with Crippen LogP contribution in [0.1, 0.15) is 34.8 Å². The van der Waals surface area contributed by atoms with E-state index in [2.05, 4.69) is 15.2 Å². The van der Waals surface area contributed by atoms with E-state index >= 15 is 0 Å². The second kappa shape index (κ2) is 11.5. The van der Waals surface area contributed by atoms with Crippen molar-refractivity contribution in [1.82, 2.24) is 24.8 Å². The highest BCUT2D eigenvalue weighted by molar-refractivity contribution is 6.31. The Kier molecular flexibility index (Phi) is 7.63. The van der Waals surface area contributed by atoms with Crippen molar-refractivity contribution in [1.29, 1.82) is 0 Å². The molecule has 4 heterocycles. The lowest BCUT2D eigenvalue weighted by Crippen LogP contribution is -2.50. The van der Waals surface area contributed by atoms with Gasteiger partial charge in [-0.15, -0.1) is 0 Å². The number of carbonyl (C=O) groups is 2. The zero-order chi connectivity index (χ0) is 29.4. The molecule has 1 fully saturated rings. The van der Waals surface area contributed by atoms with Gasteiger partial charge in [-0.05, 0) is 41.5 Å². The van der Waals surface area contributed by atoms with E-state index < -0.39 is 11.8 Å². The summed E-state index contributed by atoms with van der Waals surface area (Å²) in [7, 11) is 1.80. The van der Waals surface area contributed by atoms with Crippen LogP contribution in [0.25, 0.3) is 11.5 Å². The molecular weight excluding hydrogens is 563 g/mol. The van der Waals surface area contributed by atoms with Crippen molar-refractivity contribution in [2.24, 2.45) is 7.05 Å². The minimum Gasteiger partial charge on any atom is -0.489 e. The van der Waals surface area contributed by atoms with Crippen LogP contribution in [0.2, 0.25) is 5.02 Å². The number of nitrogens with zero attached hydrogens (tertiary/aromatic N) is 5. The number of carbonyl (C=O) groups excluding carboxylic acids is 2. The highest BCUT2D eigenvalue weighted by Crippen LogP contribution is 2.35. The molecule has 0 saturated carbocycles. The fourth-order valence-corrected chi connectivity index (χ4v) is 5.56. The molecule has 2 aromatic carbocycles. The third kappa shape index (κ3) is 5.34. The standard InChI is InChI=1S/C30H28ClFN6O4/c1-36-27(38-12-11-26(40)35-30(38)41)13-33-29(36)24-10-7-19-15-37(25(16-39)28(19)34-24)14-18-5-8-20(9-6-18)42-17-21-22(31)3-2-4-23(21)32/h2-10,13,25,39H,11-12,14-17H2,1H3,(H,35,40,41)/t25-/m0/s1. The molecule has 0 aliphatic carbocycles. The summed E-state index contributed by atoms with van der Waals surface area (Å²) < 4.78 is 21.6. The summed E-state index contributed by atoms with van der Waals surface area (Å²) in [6.07, 6.45) is 1.81. The molecule has 216 valence electrons. The second-order valence-corrected chi connectivity index (χ2v) is 10.6. The van der Waals surface area contributed by atoms with E-state index in [-0.39, 0.29) is 38.1 Å². The molecule has 2 aliphatic rings. The number of ether oxygens (including phenoxy) is 1. The van der Waals surface area contributed by atoms with E-state index in [0.29, 0.717) is 46.8 Å². The zero-order valence-electron chi connectivity index (χ0n) is 22.8. The van der Waals surface area contributed by atoms with Gasteiger partial charge in [0.1, 0.15) is 29.7 Å². The molecule has 12 heteroatoms. The molecule has 2 N–H and O–H groups in total. The van der Waals surface area contributed by atoms with Crippen LogP contribution in [-0.2, 0) is 31.5 Å². The number of aliphatic hydroxyl groups is 1. The van der Waals surface area contributed by atoms with Crippen LogP contribution in [0, 0.1) is 5.82 Å². The van der Waals surface area contributed by atoms with Crippen molar-refractivity contribution in [3.8, 4) is 17.3 Å². The van der Waals surface area contributed by atoms with Crippen LogP contribution in [0.5, 0.6) is 5.75 Å². The first-order chi connectivity index (χ1) is 20.3. The average Bonchev–Trinajstić information content (AvgIpc) is 3.52. The Morgan fingerprint density at radius 3 is 2.69 bits per heavy atom. The van der Waals surface area contributed by atoms with Gasteiger partial charge in [-0.3, -0.25) is 19.9 Å². The number of halogens is 2. The van der Waals surface area contributed by atoms with Crippen molar-refractivity contribution < 1.29 is 23.8 Å². The number of nitrogens with one attached hydrogen (secondary N) is 1. The van der Waals surface area contributed by atoms with Gasteiger partial charge >= 0.3 is 6.03 Å². The van der Waals surface area contributed by atoms with E-state index in [0.717, 1.165) is 16.8 Å². The van der Waals surface area contributed by atoms with Crippen molar-refractivity contribution >= 4 is 29.4 Å². The molecule has 1 atom stereocenters. The number of imide groups is 1. The summed E-state index contributed by atoms with van der Waals surface area (Å²) in [6, 6.07) is 15.2. The first kappa shape index (κ1) is 27.8. The Bertz CT molecular complexity index is 1640. The van der Waals surface area contributed by atoms with Gasteiger partial charge in [0.05, 0.1) is 29.6 Å². The Hall–Kier alpha value is -4.32. The molecule has 3 amide bonds.